The number of rotatable bonds is 12. The first-order valence-corrected chi connectivity index (χ1v) is 12.3. The number of allylic oxidation sites excluding steroid dienone is 1. The predicted octanol–water partition coefficient (Wildman–Crippen LogP) is 2.41. The second-order valence-electron chi connectivity index (χ2n) is 9.24. The van der Waals surface area contributed by atoms with Crippen molar-refractivity contribution in [2.45, 2.75) is 65.1 Å². The summed E-state index contributed by atoms with van der Waals surface area (Å²) in [6, 6.07) is 3.51. The van der Waals surface area contributed by atoms with E-state index in [1.54, 1.807) is 12.1 Å². The topological polar surface area (TPSA) is 131 Å². The Morgan fingerprint density at radius 1 is 1.12 bits per heavy atom. The van der Waals surface area contributed by atoms with Gasteiger partial charge < -0.3 is 24.8 Å². The molecule has 0 aromatic carbocycles. The highest BCUT2D eigenvalue weighted by atomic mass is 16.4. The third-order valence-electron chi connectivity index (χ3n) is 6.96. The lowest BCUT2D eigenvalue weighted by molar-refractivity contribution is -0.140. The molecule has 2 heterocycles. The number of fused-ring (bicyclic) bond motifs is 1. The molecule has 34 heavy (non-hydrogen) atoms. The Kier molecular flexibility index (Phi) is 9.24. The third kappa shape index (κ3) is 5.35. The van der Waals surface area contributed by atoms with E-state index >= 15 is 0 Å². The Morgan fingerprint density at radius 3 is 2.47 bits per heavy atom. The average molecular weight is 476 g/mol. The van der Waals surface area contributed by atoms with Gasteiger partial charge in [0.05, 0.1) is 31.2 Å². The Hall–Kier alpha value is -2.26. The first-order chi connectivity index (χ1) is 16.4. The van der Waals surface area contributed by atoms with Crippen LogP contribution in [0.25, 0.3) is 6.08 Å². The normalized spacial score (nSPS) is 24.2. The molecule has 1 aliphatic carbocycles. The molecular formula is C26H37NO7. The van der Waals surface area contributed by atoms with Crippen molar-refractivity contribution in [3.05, 3.63) is 40.4 Å². The van der Waals surface area contributed by atoms with E-state index in [0.717, 1.165) is 18.4 Å². The van der Waals surface area contributed by atoms with E-state index in [0.29, 0.717) is 48.5 Å². The summed E-state index contributed by atoms with van der Waals surface area (Å²) in [5, 5.41) is 40.6. The van der Waals surface area contributed by atoms with E-state index < -0.39 is 23.9 Å². The monoisotopic (exact) mass is 475 g/mol. The number of hydrogen-bond donors (Lipinski definition) is 4. The third-order valence-corrected chi connectivity index (χ3v) is 6.96. The molecule has 3 rings (SSSR count). The van der Waals surface area contributed by atoms with Gasteiger partial charge in [0.1, 0.15) is 18.1 Å². The van der Waals surface area contributed by atoms with Gasteiger partial charge in [-0.25, -0.2) is 0 Å². The molecule has 0 bridgehead atoms. The SMILES string of the molecule is CCC/C(=C\c1ccc(CO)o1)CC[C@@H](O)C1=C(CO)C[C@H]2C(=O)N(CCC)C(=O)[C@H]2[C@H]1CO. The molecule has 188 valence electrons. The molecule has 2 aliphatic rings. The van der Waals surface area contributed by atoms with Crippen molar-refractivity contribution in [1.82, 2.24) is 4.90 Å². The first kappa shape index (κ1) is 26.3. The van der Waals surface area contributed by atoms with Crippen LogP contribution in [0, 0.1) is 17.8 Å². The summed E-state index contributed by atoms with van der Waals surface area (Å²) in [4.78, 5) is 27.2. The van der Waals surface area contributed by atoms with Gasteiger partial charge >= 0.3 is 0 Å². The zero-order valence-corrected chi connectivity index (χ0v) is 20.1. The van der Waals surface area contributed by atoms with Crippen molar-refractivity contribution in [3.63, 3.8) is 0 Å². The van der Waals surface area contributed by atoms with Crippen molar-refractivity contribution in [1.29, 1.82) is 0 Å². The van der Waals surface area contributed by atoms with E-state index in [-0.39, 0.29) is 38.1 Å². The number of amides is 2. The first-order valence-electron chi connectivity index (χ1n) is 12.3. The molecule has 0 unspecified atom stereocenters. The maximum absolute atomic E-state index is 13.0. The number of hydrogen-bond acceptors (Lipinski definition) is 7. The summed E-state index contributed by atoms with van der Waals surface area (Å²) in [6.07, 6.45) is 4.47. The Bertz CT molecular complexity index is 931. The highest BCUT2D eigenvalue weighted by molar-refractivity contribution is 6.05. The van der Waals surface area contributed by atoms with Crippen molar-refractivity contribution in [2.75, 3.05) is 19.8 Å². The van der Waals surface area contributed by atoms with Crippen molar-refractivity contribution in [3.8, 4) is 0 Å². The lowest BCUT2D eigenvalue weighted by Crippen LogP contribution is -2.39. The Balaban J connectivity index is 1.81. The highest BCUT2D eigenvalue weighted by Crippen LogP contribution is 2.46. The van der Waals surface area contributed by atoms with Gasteiger partial charge in [0.15, 0.2) is 0 Å². The van der Waals surface area contributed by atoms with Crippen LogP contribution in [0.1, 0.15) is 63.9 Å². The van der Waals surface area contributed by atoms with Crippen molar-refractivity contribution < 1.29 is 34.4 Å². The molecule has 1 aromatic rings. The van der Waals surface area contributed by atoms with Gasteiger partial charge in [0.2, 0.25) is 11.8 Å². The van der Waals surface area contributed by atoms with Crippen LogP contribution in [0.3, 0.4) is 0 Å². The number of aliphatic hydroxyl groups is 4. The van der Waals surface area contributed by atoms with Crippen LogP contribution < -0.4 is 0 Å². The van der Waals surface area contributed by atoms with Gasteiger partial charge in [0.25, 0.3) is 0 Å². The van der Waals surface area contributed by atoms with E-state index in [9.17, 15) is 30.0 Å². The van der Waals surface area contributed by atoms with Crippen LogP contribution in [-0.4, -0.2) is 63.0 Å². The molecule has 1 aliphatic heterocycles. The van der Waals surface area contributed by atoms with Gasteiger partial charge in [-0.15, -0.1) is 0 Å². The van der Waals surface area contributed by atoms with Crippen LogP contribution in [0.2, 0.25) is 0 Å². The number of nitrogens with zero attached hydrogens (tertiary/aromatic N) is 1. The minimum atomic E-state index is -0.951. The second-order valence-corrected chi connectivity index (χ2v) is 9.24. The standard InChI is InChI=1S/C26H37NO7/c1-3-5-16(11-18-7-8-19(14-29)34-18)6-9-22(31)23-17(13-28)12-20-24(21(23)15-30)26(33)27(10-4-2)25(20)32/h7-8,11,20-22,24,28-31H,3-6,9-10,12-15H2,1-2H3/b16-11+/t20-,21+,22-,24-/m1/s1. The van der Waals surface area contributed by atoms with Gasteiger partial charge in [-0.3, -0.25) is 14.5 Å². The van der Waals surface area contributed by atoms with Gasteiger partial charge in [-0.2, -0.15) is 0 Å². The predicted molar refractivity (Wildman–Crippen MR) is 126 cm³/mol. The van der Waals surface area contributed by atoms with Crippen molar-refractivity contribution >= 4 is 17.9 Å². The fourth-order valence-corrected chi connectivity index (χ4v) is 5.44. The summed E-state index contributed by atoms with van der Waals surface area (Å²) in [5.41, 5.74) is 2.12. The molecule has 2 amide bonds. The number of likely N-dealkylation sites (tertiary alicyclic amines) is 1. The lowest BCUT2D eigenvalue weighted by atomic mass is 9.68. The minimum Gasteiger partial charge on any atom is -0.459 e. The second kappa shape index (κ2) is 11.9. The summed E-state index contributed by atoms with van der Waals surface area (Å²) in [6.45, 7) is 3.43. The van der Waals surface area contributed by atoms with E-state index in [1.165, 1.54) is 4.90 Å². The summed E-state index contributed by atoms with van der Waals surface area (Å²) < 4.78 is 5.56. The number of aliphatic hydroxyl groups excluding tert-OH is 4. The van der Waals surface area contributed by atoms with Crippen LogP contribution in [0.5, 0.6) is 0 Å². The number of imide groups is 1. The molecule has 0 saturated carbocycles. The summed E-state index contributed by atoms with van der Waals surface area (Å²) in [7, 11) is 0. The van der Waals surface area contributed by atoms with Crippen LogP contribution in [0.15, 0.2) is 33.3 Å². The molecule has 8 heteroatoms. The molecule has 1 fully saturated rings. The molecule has 4 atom stereocenters. The molecular weight excluding hydrogens is 438 g/mol. The van der Waals surface area contributed by atoms with Gasteiger partial charge in [-0.05, 0) is 61.5 Å². The van der Waals surface area contributed by atoms with Crippen LogP contribution in [-0.2, 0) is 16.2 Å². The minimum absolute atomic E-state index is 0.171. The Morgan fingerprint density at radius 2 is 1.88 bits per heavy atom. The number of carbonyl (C=O) groups is 2. The quantitative estimate of drug-likeness (QED) is 0.270. The molecule has 8 nitrogen and oxygen atoms in total. The fraction of sp³-hybridized carbons (Fsp3) is 0.615. The number of furan rings is 1. The van der Waals surface area contributed by atoms with Crippen LogP contribution >= 0.6 is 0 Å². The molecule has 0 radical (unpaired) electrons. The highest BCUT2D eigenvalue weighted by Gasteiger charge is 2.54. The fourth-order valence-electron chi connectivity index (χ4n) is 5.44. The van der Waals surface area contributed by atoms with Crippen LogP contribution in [0.4, 0.5) is 0 Å². The maximum Gasteiger partial charge on any atom is 0.233 e. The van der Waals surface area contributed by atoms with E-state index in [2.05, 4.69) is 6.92 Å². The molecule has 0 spiro atoms. The smallest absolute Gasteiger partial charge is 0.233 e. The summed E-state index contributed by atoms with van der Waals surface area (Å²) in [5.74, 6) is -1.40. The Labute approximate surface area is 200 Å². The lowest BCUT2D eigenvalue weighted by Gasteiger charge is -2.36. The zero-order chi connectivity index (χ0) is 24.8. The molecule has 1 aromatic heterocycles. The largest absolute Gasteiger partial charge is 0.459 e. The maximum atomic E-state index is 13.0. The van der Waals surface area contributed by atoms with E-state index in [1.807, 2.05) is 13.0 Å². The average Bonchev–Trinajstić information content (AvgIpc) is 3.39. The van der Waals surface area contributed by atoms with E-state index in [4.69, 9.17) is 4.42 Å². The zero-order valence-electron chi connectivity index (χ0n) is 20.1. The number of carbonyl (C=O) groups excluding carboxylic acids is 2. The van der Waals surface area contributed by atoms with Gasteiger partial charge in [0, 0.05) is 12.5 Å². The molecule has 4 N–H and O–H groups in total. The summed E-state index contributed by atoms with van der Waals surface area (Å²) >= 11 is 0. The van der Waals surface area contributed by atoms with Gasteiger partial charge in [-0.1, -0.05) is 25.8 Å². The molecule has 1 saturated heterocycles. The van der Waals surface area contributed by atoms with Crippen molar-refractivity contribution in [2.24, 2.45) is 17.8 Å².